The molecule has 0 atom stereocenters. The lowest BCUT2D eigenvalue weighted by Crippen LogP contribution is -2.57. The first kappa shape index (κ1) is 18.2. The van der Waals surface area contributed by atoms with Crippen molar-refractivity contribution in [3.63, 3.8) is 0 Å². The summed E-state index contributed by atoms with van der Waals surface area (Å²) in [6, 6.07) is 11.0. The number of urea groups is 1. The second-order valence-corrected chi connectivity index (χ2v) is 7.35. The van der Waals surface area contributed by atoms with Crippen molar-refractivity contribution in [1.82, 2.24) is 20.3 Å². The average Bonchev–Trinajstić information content (AvgIpc) is 3.19. The number of likely N-dealkylation sites (tertiary alicyclic amines) is 1. The summed E-state index contributed by atoms with van der Waals surface area (Å²) in [6.07, 6.45) is 0.976. The molecule has 1 N–H and O–H groups in total. The van der Waals surface area contributed by atoms with Crippen molar-refractivity contribution in [2.45, 2.75) is 38.3 Å². The number of hydrogen-bond acceptors (Lipinski definition) is 5. The largest absolute Gasteiger partial charge is 0.361 e. The minimum absolute atomic E-state index is 0.0645. The Labute approximate surface area is 162 Å². The number of nitrogens with zero attached hydrogens (tertiary/aromatic N) is 3. The molecule has 3 heterocycles. The highest BCUT2D eigenvalue weighted by molar-refractivity contribution is 6.07. The standard InChI is InChI=1S/C20H22N4O4/c1-14-11-16(28-22-14)12-17(25)23-9-7-20(8-10-23)18(26)21-19(27)24(20)13-15-5-3-2-4-6-15/h2-6,11H,7-10,12-13H2,1H3,(H,21,26,27). The Morgan fingerprint density at radius 2 is 1.93 bits per heavy atom. The number of piperidine rings is 1. The van der Waals surface area contributed by atoms with Gasteiger partial charge in [0.1, 0.15) is 11.3 Å². The normalized spacial score (nSPS) is 18.6. The predicted octanol–water partition coefficient (Wildman–Crippen LogP) is 1.64. The van der Waals surface area contributed by atoms with Crippen molar-refractivity contribution in [2.75, 3.05) is 13.1 Å². The minimum Gasteiger partial charge on any atom is -0.361 e. The van der Waals surface area contributed by atoms with Crippen LogP contribution in [0.2, 0.25) is 0 Å². The van der Waals surface area contributed by atoms with Crippen LogP contribution in [-0.2, 0) is 22.6 Å². The molecule has 146 valence electrons. The third-order valence-electron chi connectivity index (χ3n) is 5.53. The summed E-state index contributed by atoms with van der Waals surface area (Å²) in [6.45, 7) is 3.00. The van der Waals surface area contributed by atoms with E-state index in [1.165, 1.54) is 0 Å². The van der Waals surface area contributed by atoms with Crippen LogP contribution in [0.1, 0.15) is 29.9 Å². The van der Waals surface area contributed by atoms with Gasteiger partial charge in [-0.25, -0.2) is 4.79 Å². The SMILES string of the molecule is Cc1cc(CC(=O)N2CCC3(CC2)C(=O)NC(=O)N3Cc2ccccc2)on1. The van der Waals surface area contributed by atoms with Gasteiger partial charge in [-0.3, -0.25) is 14.9 Å². The number of carbonyl (C=O) groups excluding carboxylic acids is 3. The number of carbonyl (C=O) groups is 3. The van der Waals surface area contributed by atoms with Gasteiger partial charge in [-0.05, 0) is 25.3 Å². The molecular formula is C20H22N4O4. The number of benzene rings is 1. The van der Waals surface area contributed by atoms with Crippen LogP contribution in [0.15, 0.2) is 40.9 Å². The molecule has 0 saturated carbocycles. The van der Waals surface area contributed by atoms with Gasteiger partial charge in [0.2, 0.25) is 5.91 Å². The first-order valence-corrected chi connectivity index (χ1v) is 9.35. The molecule has 2 aliphatic heterocycles. The molecule has 4 amide bonds. The lowest BCUT2D eigenvalue weighted by Gasteiger charge is -2.42. The zero-order valence-electron chi connectivity index (χ0n) is 15.7. The van der Waals surface area contributed by atoms with Crippen LogP contribution in [0, 0.1) is 6.92 Å². The number of hydrogen-bond donors (Lipinski definition) is 1. The zero-order chi connectivity index (χ0) is 19.7. The van der Waals surface area contributed by atoms with Crippen molar-refractivity contribution < 1.29 is 18.9 Å². The van der Waals surface area contributed by atoms with Crippen LogP contribution in [0.25, 0.3) is 0 Å². The Hall–Kier alpha value is -3.16. The van der Waals surface area contributed by atoms with Gasteiger partial charge in [0, 0.05) is 25.7 Å². The Bertz CT molecular complexity index is 900. The maximum Gasteiger partial charge on any atom is 0.325 e. The van der Waals surface area contributed by atoms with Crippen molar-refractivity contribution in [3.8, 4) is 0 Å². The first-order valence-electron chi connectivity index (χ1n) is 9.35. The Balaban J connectivity index is 1.45. The molecule has 1 aromatic carbocycles. The minimum atomic E-state index is -0.896. The Morgan fingerprint density at radius 1 is 1.21 bits per heavy atom. The van der Waals surface area contributed by atoms with Crippen LogP contribution in [0.5, 0.6) is 0 Å². The maximum absolute atomic E-state index is 12.6. The van der Waals surface area contributed by atoms with Crippen LogP contribution in [-0.4, -0.2) is 51.4 Å². The summed E-state index contributed by atoms with van der Waals surface area (Å²) in [7, 11) is 0. The molecule has 0 bridgehead atoms. The highest BCUT2D eigenvalue weighted by Crippen LogP contribution is 2.34. The van der Waals surface area contributed by atoms with E-state index in [1.54, 1.807) is 22.8 Å². The maximum atomic E-state index is 12.6. The Morgan fingerprint density at radius 3 is 2.57 bits per heavy atom. The van der Waals surface area contributed by atoms with E-state index in [4.69, 9.17) is 4.52 Å². The molecule has 2 fully saturated rings. The molecule has 8 heteroatoms. The van der Waals surface area contributed by atoms with Gasteiger partial charge < -0.3 is 14.3 Å². The summed E-state index contributed by atoms with van der Waals surface area (Å²) in [5, 5.41) is 6.25. The van der Waals surface area contributed by atoms with E-state index >= 15 is 0 Å². The van der Waals surface area contributed by atoms with Crippen LogP contribution in [0.3, 0.4) is 0 Å². The molecule has 0 radical (unpaired) electrons. The van der Waals surface area contributed by atoms with Gasteiger partial charge in [-0.2, -0.15) is 0 Å². The van der Waals surface area contributed by atoms with E-state index in [1.807, 2.05) is 30.3 Å². The second kappa shape index (κ2) is 7.10. The van der Waals surface area contributed by atoms with E-state index in [0.29, 0.717) is 38.2 Å². The summed E-state index contributed by atoms with van der Waals surface area (Å²) in [4.78, 5) is 40.9. The predicted molar refractivity (Wildman–Crippen MR) is 99.0 cm³/mol. The van der Waals surface area contributed by atoms with Gasteiger partial charge in [0.15, 0.2) is 0 Å². The number of aromatic nitrogens is 1. The lowest BCUT2D eigenvalue weighted by molar-refractivity contribution is -0.138. The molecule has 1 spiro atoms. The summed E-state index contributed by atoms with van der Waals surface area (Å²) in [5.41, 5.74) is 0.802. The molecule has 0 aliphatic carbocycles. The summed E-state index contributed by atoms with van der Waals surface area (Å²) < 4.78 is 5.12. The molecule has 1 aromatic heterocycles. The monoisotopic (exact) mass is 382 g/mol. The summed E-state index contributed by atoms with van der Waals surface area (Å²) in [5.74, 6) is 0.194. The molecule has 2 aromatic rings. The number of imide groups is 1. The fourth-order valence-corrected chi connectivity index (χ4v) is 3.97. The van der Waals surface area contributed by atoms with E-state index in [-0.39, 0.29) is 24.3 Å². The highest BCUT2D eigenvalue weighted by atomic mass is 16.5. The molecule has 28 heavy (non-hydrogen) atoms. The van der Waals surface area contributed by atoms with Crippen molar-refractivity contribution in [2.24, 2.45) is 0 Å². The first-order chi connectivity index (χ1) is 13.5. The number of nitrogens with one attached hydrogen (secondary N) is 1. The molecular weight excluding hydrogens is 360 g/mol. The van der Waals surface area contributed by atoms with Crippen LogP contribution >= 0.6 is 0 Å². The number of aryl methyl sites for hydroxylation is 1. The average molecular weight is 382 g/mol. The number of rotatable bonds is 4. The van der Waals surface area contributed by atoms with Gasteiger partial charge >= 0.3 is 6.03 Å². The summed E-state index contributed by atoms with van der Waals surface area (Å²) >= 11 is 0. The lowest BCUT2D eigenvalue weighted by atomic mass is 9.85. The van der Waals surface area contributed by atoms with Crippen molar-refractivity contribution in [3.05, 3.63) is 53.4 Å². The molecule has 2 saturated heterocycles. The fraction of sp³-hybridized carbons (Fsp3) is 0.400. The quantitative estimate of drug-likeness (QED) is 0.811. The van der Waals surface area contributed by atoms with Crippen LogP contribution < -0.4 is 5.32 Å². The Kier molecular flexibility index (Phi) is 4.62. The van der Waals surface area contributed by atoms with Gasteiger partial charge in [-0.1, -0.05) is 35.5 Å². The van der Waals surface area contributed by atoms with Crippen molar-refractivity contribution >= 4 is 17.8 Å². The highest BCUT2D eigenvalue weighted by Gasteiger charge is 2.54. The van der Waals surface area contributed by atoms with E-state index in [9.17, 15) is 14.4 Å². The van der Waals surface area contributed by atoms with E-state index in [0.717, 1.165) is 11.3 Å². The second-order valence-electron chi connectivity index (χ2n) is 7.35. The van der Waals surface area contributed by atoms with Gasteiger partial charge in [0.25, 0.3) is 5.91 Å². The third kappa shape index (κ3) is 3.26. The molecule has 0 unspecified atom stereocenters. The van der Waals surface area contributed by atoms with Gasteiger partial charge in [0.05, 0.1) is 12.1 Å². The molecule has 8 nitrogen and oxygen atoms in total. The van der Waals surface area contributed by atoms with E-state index < -0.39 is 5.54 Å². The molecule has 4 rings (SSSR count). The van der Waals surface area contributed by atoms with Crippen molar-refractivity contribution in [1.29, 1.82) is 0 Å². The van der Waals surface area contributed by atoms with E-state index in [2.05, 4.69) is 10.5 Å². The van der Waals surface area contributed by atoms with Crippen LogP contribution in [0.4, 0.5) is 4.79 Å². The third-order valence-corrected chi connectivity index (χ3v) is 5.53. The number of amides is 4. The molecule has 2 aliphatic rings. The van der Waals surface area contributed by atoms with Gasteiger partial charge in [-0.15, -0.1) is 0 Å². The fourth-order valence-electron chi connectivity index (χ4n) is 3.97. The zero-order valence-corrected chi connectivity index (χ0v) is 15.7. The smallest absolute Gasteiger partial charge is 0.325 e. The topological polar surface area (TPSA) is 95.8 Å².